The molecule has 1 atom stereocenters. The van der Waals surface area contributed by atoms with Gasteiger partial charge in [-0.25, -0.2) is 0 Å². The van der Waals surface area contributed by atoms with Gasteiger partial charge in [-0.05, 0) is 194 Å². The second kappa shape index (κ2) is 15.5. The highest BCUT2D eigenvalue weighted by atomic mass is 16.3. The van der Waals surface area contributed by atoms with Crippen molar-refractivity contribution >= 4 is 51.6 Å². The summed E-state index contributed by atoms with van der Waals surface area (Å²) in [6, 6.07) is 32.8. The molecule has 73 heavy (non-hydrogen) atoms. The Hall–Kier alpha value is -6.00. The van der Waals surface area contributed by atoms with Crippen LogP contribution in [0.15, 0.2) is 148 Å². The Morgan fingerprint density at radius 1 is 0.548 bits per heavy atom. The van der Waals surface area contributed by atoms with Crippen molar-refractivity contribution < 1.29 is 11.3 Å². The molecule has 0 bridgehead atoms. The van der Waals surface area contributed by atoms with Crippen molar-refractivity contribution in [3.8, 4) is 22.3 Å². The lowest BCUT2D eigenvalue weighted by Gasteiger charge is -2.50. The van der Waals surface area contributed by atoms with Crippen LogP contribution in [-0.2, 0) is 32.5 Å². The highest BCUT2D eigenvalue weighted by Crippen LogP contribution is 2.57. The van der Waals surface area contributed by atoms with E-state index in [4.69, 9.17) is 8.53 Å². The van der Waals surface area contributed by atoms with E-state index in [0.29, 0.717) is 5.56 Å². The molecule has 0 N–H and O–H groups in total. The van der Waals surface area contributed by atoms with Crippen molar-refractivity contribution in [3.63, 3.8) is 0 Å². The zero-order valence-electron chi connectivity index (χ0n) is 50.6. The standard InChI is InChI=1S/C69H75BN2O/c1-42-34-58-61-59(35-42)72(56-40-53-51(66(6,7)30-32-68(53,10)11)38-47(56)44-22-18-15-19-23-44)57-36-45(43-20-16-14-17-21-43)24-27-55(57)70(61)63-62(48-39-52-54(41-60(48)73-63)69(12,13)33-31-67(52,8)9)71(58)46-25-26-49-50(37-46)65(4,5)29-28-64(49,2)3/h14-27,35-41,58H,28-34H2,1-13H3/i14D,16D,17D,20D,21D. The molecular weight excluding hydrogens is 884 g/mol. The maximum absolute atomic E-state index is 9.31. The Labute approximate surface area is 443 Å². The fourth-order valence-electron chi connectivity index (χ4n) is 14.5. The smallest absolute Gasteiger partial charge is 0.292 e. The van der Waals surface area contributed by atoms with E-state index in [-0.39, 0.29) is 75.0 Å². The van der Waals surface area contributed by atoms with Crippen LogP contribution in [0.25, 0.3) is 33.2 Å². The summed E-state index contributed by atoms with van der Waals surface area (Å²) in [6.45, 7) is 30.9. The Balaban J connectivity index is 1.18. The molecule has 0 amide bonds. The highest BCUT2D eigenvalue weighted by molar-refractivity contribution is 6.93. The Bertz CT molecular complexity index is 3800. The predicted molar refractivity (Wildman–Crippen MR) is 311 cm³/mol. The molecule has 7 aromatic rings. The summed E-state index contributed by atoms with van der Waals surface area (Å²) < 4.78 is 52.6. The second-order valence-electron chi connectivity index (χ2n) is 27.0. The molecule has 2 aliphatic heterocycles. The number of anilines is 4. The van der Waals surface area contributed by atoms with Gasteiger partial charge in [0.1, 0.15) is 5.58 Å². The van der Waals surface area contributed by atoms with E-state index in [9.17, 15) is 2.74 Å². The van der Waals surface area contributed by atoms with Crippen LogP contribution in [0, 0.1) is 0 Å². The molecular formula is C69H75BN2O. The molecule has 0 fully saturated rings. The van der Waals surface area contributed by atoms with Crippen molar-refractivity contribution in [3.05, 3.63) is 177 Å². The average molecular weight is 964 g/mol. The van der Waals surface area contributed by atoms with Gasteiger partial charge < -0.3 is 14.2 Å². The van der Waals surface area contributed by atoms with E-state index in [0.717, 1.165) is 101 Å². The maximum Gasteiger partial charge on any atom is 0.292 e. The molecule has 0 saturated heterocycles. The minimum Gasteiger partial charge on any atom is -0.468 e. The van der Waals surface area contributed by atoms with Crippen molar-refractivity contribution in [2.45, 2.75) is 173 Å². The van der Waals surface area contributed by atoms with Gasteiger partial charge in [0.25, 0.3) is 6.71 Å². The van der Waals surface area contributed by atoms with Gasteiger partial charge in [0.05, 0.1) is 29.9 Å². The number of hydrogen-bond acceptors (Lipinski definition) is 3. The lowest BCUT2D eigenvalue weighted by Crippen LogP contribution is -2.61. The largest absolute Gasteiger partial charge is 0.468 e. The molecule has 1 aromatic heterocycles. The lowest BCUT2D eigenvalue weighted by atomic mass is 9.33. The zero-order chi connectivity index (χ0) is 55.3. The Kier molecular flexibility index (Phi) is 8.80. The van der Waals surface area contributed by atoms with Gasteiger partial charge in [-0.15, -0.1) is 0 Å². The number of furan rings is 1. The summed E-state index contributed by atoms with van der Waals surface area (Å²) in [5.74, 6) is 0. The van der Waals surface area contributed by atoms with Crippen LogP contribution in [0.1, 0.15) is 175 Å². The third-order valence-corrected chi connectivity index (χ3v) is 19.4. The van der Waals surface area contributed by atoms with E-state index in [2.05, 4.69) is 191 Å². The van der Waals surface area contributed by atoms with Gasteiger partial charge in [0.15, 0.2) is 0 Å². The molecule has 6 aromatic carbocycles. The summed E-state index contributed by atoms with van der Waals surface area (Å²) in [5, 5.41) is 1.14. The number of allylic oxidation sites excluding steroid dienone is 1. The van der Waals surface area contributed by atoms with Crippen LogP contribution in [-0.4, -0.2) is 12.8 Å². The van der Waals surface area contributed by atoms with Gasteiger partial charge in [-0.1, -0.05) is 167 Å². The molecule has 370 valence electrons. The minimum atomic E-state index is -0.395. The first-order valence-corrected chi connectivity index (χ1v) is 27.3. The summed E-state index contributed by atoms with van der Waals surface area (Å²) >= 11 is 0. The molecule has 13 rings (SSSR count). The first kappa shape index (κ1) is 41.4. The number of rotatable bonds is 4. The maximum atomic E-state index is 9.31. The van der Waals surface area contributed by atoms with Crippen LogP contribution in [0.4, 0.5) is 22.7 Å². The summed E-state index contributed by atoms with van der Waals surface area (Å²) in [4.78, 5) is 5.19. The van der Waals surface area contributed by atoms with Crippen LogP contribution in [0.3, 0.4) is 0 Å². The summed E-state index contributed by atoms with van der Waals surface area (Å²) in [5.41, 5.74) is 22.0. The quantitative estimate of drug-likeness (QED) is 0.164. The van der Waals surface area contributed by atoms with Gasteiger partial charge in [0, 0.05) is 28.0 Å². The summed E-state index contributed by atoms with van der Waals surface area (Å²) in [6.07, 6.45) is 9.84. The number of fused-ring (bicyclic) bond motifs is 9. The molecule has 1 unspecified atom stereocenters. The monoisotopic (exact) mass is 964 g/mol. The van der Waals surface area contributed by atoms with Crippen LogP contribution < -0.4 is 20.9 Å². The zero-order valence-corrected chi connectivity index (χ0v) is 45.6. The average Bonchev–Trinajstić information content (AvgIpc) is 3.11. The van der Waals surface area contributed by atoms with Crippen LogP contribution >= 0.6 is 0 Å². The van der Waals surface area contributed by atoms with Crippen molar-refractivity contribution in [2.24, 2.45) is 0 Å². The number of benzene rings is 6. The van der Waals surface area contributed by atoms with E-state index in [1.807, 2.05) is 6.07 Å². The fraction of sp³-hybridized carbons (Fsp3) is 0.391. The van der Waals surface area contributed by atoms with E-state index >= 15 is 0 Å². The van der Waals surface area contributed by atoms with Gasteiger partial charge >= 0.3 is 0 Å². The highest BCUT2D eigenvalue weighted by Gasteiger charge is 2.53. The van der Waals surface area contributed by atoms with Crippen LogP contribution in [0.2, 0.25) is 0 Å². The van der Waals surface area contributed by atoms with Gasteiger partial charge in [-0.3, -0.25) is 0 Å². The third kappa shape index (κ3) is 6.97. The second-order valence-corrected chi connectivity index (χ2v) is 27.0. The van der Waals surface area contributed by atoms with Crippen molar-refractivity contribution in [1.82, 2.24) is 0 Å². The molecule has 0 spiro atoms. The Morgan fingerprint density at radius 3 is 1.77 bits per heavy atom. The minimum absolute atomic E-state index is 0.0108. The number of hydrogen-bond donors (Lipinski definition) is 0. The molecule has 0 saturated carbocycles. The van der Waals surface area contributed by atoms with E-state index in [1.54, 1.807) is 0 Å². The SMILES string of the molecule is [2H]c1c([2H])c([2H])c(-c2ccc3c(c2)N(c2cc4c(cc2-c2ccccc2)C(C)(C)CCC4(C)C)C2=C4B3c3oc5cc6c(cc5c3N(c3ccc5c(c3)C(C)(C)CCC5(C)C)C4CC(C)=C2)C(C)(C)CCC6(C)C)c([2H])c1[2H]. The van der Waals surface area contributed by atoms with Crippen molar-refractivity contribution in [1.29, 1.82) is 0 Å². The van der Waals surface area contributed by atoms with E-state index < -0.39 is 6.04 Å². The van der Waals surface area contributed by atoms with Gasteiger partial charge in [-0.2, -0.15) is 0 Å². The molecule has 6 aliphatic rings. The first-order chi connectivity index (χ1) is 36.6. The van der Waals surface area contributed by atoms with Crippen molar-refractivity contribution in [2.75, 3.05) is 9.80 Å². The Morgan fingerprint density at radius 2 is 1.12 bits per heavy atom. The molecule has 3 heterocycles. The predicted octanol–water partition coefficient (Wildman–Crippen LogP) is 17.2. The third-order valence-electron chi connectivity index (χ3n) is 19.4. The first-order valence-electron chi connectivity index (χ1n) is 29.8. The van der Waals surface area contributed by atoms with E-state index in [1.165, 1.54) is 50.1 Å². The van der Waals surface area contributed by atoms with Crippen LogP contribution in [0.5, 0.6) is 0 Å². The molecule has 3 nitrogen and oxygen atoms in total. The lowest BCUT2D eigenvalue weighted by molar-refractivity contribution is 0.332. The molecule has 4 heteroatoms. The topological polar surface area (TPSA) is 19.6 Å². The fourth-order valence-corrected chi connectivity index (χ4v) is 14.5. The van der Waals surface area contributed by atoms with Gasteiger partial charge in [0.2, 0.25) is 0 Å². The normalized spacial score (nSPS) is 23.1. The number of nitrogens with zero attached hydrogens (tertiary/aromatic N) is 2. The summed E-state index contributed by atoms with van der Waals surface area (Å²) in [7, 11) is 0. The molecule has 4 aliphatic carbocycles. The molecule has 0 radical (unpaired) electrons.